The monoisotopic (exact) mass is 246 g/mol. The maximum atomic E-state index is 9.55. The fourth-order valence-electron chi connectivity index (χ4n) is 1.58. The Kier molecular flexibility index (Phi) is 7.29. The Morgan fingerprint density at radius 2 is 1.71 bits per heavy atom. The van der Waals surface area contributed by atoms with Gasteiger partial charge < -0.3 is 14.6 Å². The van der Waals surface area contributed by atoms with E-state index >= 15 is 0 Å². The highest BCUT2D eigenvalue weighted by Crippen LogP contribution is 2.17. The number of ether oxygens (including phenoxy) is 2. The second-order valence-corrected chi connectivity index (χ2v) is 6.06. The first kappa shape index (κ1) is 16.9. The van der Waals surface area contributed by atoms with Crippen LogP contribution < -0.4 is 0 Å². The van der Waals surface area contributed by atoms with Crippen molar-refractivity contribution in [1.82, 2.24) is 0 Å². The van der Waals surface area contributed by atoms with Gasteiger partial charge in [0.15, 0.2) is 0 Å². The van der Waals surface area contributed by atoms with Crippen molar-refractivity contribution in [2.75, 3.05) is 13.2 Å². The summed E-state index contributed by atoms with van der Waals surface area (Å²) in [6.45, 7) is 13.2. The van der Waals surface area contributed by atoms with Crippen LogP contribution in [0.4, 0.5) is 0 Å². The second kappa shape index (κ2) is 7.34. The molecule has 0 fully saturated rings. The van der Waals surface area contributed by atoms with Crippen LogP contribution in [0.2, 0.25) is 0 Å². The van der Waals surface area contributed by atoms with Crippen LogP contribution in [0.15, 0.2) is 0 Å². The van der Waals surface area contributed by atoms with Crippen molar-refractivity contribution >= 4 is 0 Å². The summed E-state index contributed by atoms with van der Waals surface area (Å²) in [7, 11) is 0. The van der Waals surface area contributed by atoms with Crippen LogP contribution in [-0.4, -0.2) is 35.6 Å². The molecule has 1 atom stereocenters. The molecule has 0 radical (unpaired) electrons. The highest BCUT2D eigenvalue weighted by Gasteiger charge is 2.19. The molecule has 0 rings (SSSR count). The van der Waals surface area contributed by atoms with Crippen molar-refractivity contribution < 1.29 is 14.6 Å². The van der Waals surface area contributed by atoms with E-state index in [1.54, 1.807) is 13.8 Å². The van der Waals surface area contributed by atoms with E-state index in [1.807, 2.05) is 6.92 Å². The van der Waals surface area contributed by atoms with Crippen LogP contribution >= 0.6 is 0 Å². The molecule has 0 aliphatic carbocycles. The Morgan fingerprint density at radius 1 is 1.12 bits per heavy atom. The third-order valence-electron chi connectivity index (χ3n) is 2.68. The zero-order valence-corrected chi connectivity index (χ0v) is 12.4. The van der Waals surface area contributed by atoms with E-state index in [4.69, 9.17) is 9.47 Å². The summed E-state index contributed by atoms with van der Waals surface area (Å²) in [5.74, 6) is 0. The van der Waals surface area contributed by atoms with Crippen LogP contribution in [0.25, 0.3) is 0 Å². The normalized spacial score (nSPS) is 15.0. The summed E-state index contributed by atoms with van der Waals surface area (Å²) >= 11 is 0. The van der Waals surface area contributed by atoms with Gasteiger partial charge in [0, 0.05) is 6.61 Å². The van der Waals surface area contributed by atoms with Crippen LogP contribution in [0, 0.1) is 0 Å². The molecule has 0 spiro atoms. The molecule has 3 heteroatoms. The summed E-state index contributed by atoms with van der Waals surface area (Å²) in [5, 5.41) is 9.55. The fourth-order valence-corrected chi connectivity index (χ4v) is 1.58. The van der Waals surface area contributed by atoms with Gasteiger partial charge in [-0.15, -0.1) is 0 Å². The predicted molar refractivity (Wildman–Crippen MR) is 71.3 cm³/mol. The Balaban J connectivity index is 3.69. The van der Waals surface area contributed by atoms with Crippen molar-refractivity contribution in [1.29, 1.82) is 0 Å². The molecule has 0 aromatic carbocycles. The van der Waals surface area contributed by atoms with Crippen molar-refractivity contribution in [3.8, 4) is 0 Å². The predicted octanol–water partition coefficient (Wildman–Crippen LogP) is 3.15. The molecule has 0 aliphatic heterocycles. The molecular formula is C14H30O3. The lowest BCUT2D eigenvalue weighted by Crippen LogP contribution is -2.30. The Morgan fingerprint density at radius 3 is 2.18 bits per heavy atom. The first-order valence-electron chi connectivity index (χ1n) is 6.64. The van der Waals surface area contributed by atoms with Crippen molar-refractivity contribution in [3.05, 3.63) is 0 Å². The van der Waals surface area contributed by atoms with E-state index < -0.39 is 5.60 Å². The van der Waals surface area contributed by atoms with Gasteiger partial charge in [0.25, 0.3) is 0 Å². The number of rotatable bonds is 9. The summed E-state index contributed by atoms with van der Waals surface area (Å²) in [5.41, 5.74) is -0.718. The van der Waals surface area contributed by atoms with E-state index in [0.717, 1.165) is 12.8 Å². The van der Waals surface area contributed by atoms with Gasteiger partial charge in [0.2, 0.25) is 0 Å². The molecule has 1 N–H and O–H groups in total. The molecule has 1 unspecified atom stereocenters. The van der Waals surface area contributed by atoms with Gasteiger partial charge in [-0.25, -0.2) is 0 Å². The highest BCUT2D eigenvalue weighted by molar-refractivity contribution is 4.68. The van der Waals surface area contributed by atoms with Gasteiger partial charge in [0.1, 0.15) is 0 Å². The van der Waals surface area contributed by atoms with E-state index in [-0.39, 0.29) is 11.7 Å². The first-order valence-corrected chi connectivity index (χ1v) is 6.64. The van der Waals surface area contributed by atoms with E-state index in [1.165, 1.54) is 0 Å². The minimum absolute atomic E-state index is 0.0668. The van der Waals surface area contributed by atoms with Crippen molar-refractivity contribution in [2.45, 2.75) is 78.1 Å². The SMILES string of the molecule is CCCC(C)(C)OCC(C)OCCC(C)(C)O. The first-order chi connectivity index (χ1) is 7.66. The van der Waals surface area contributed by atoms with Gasteiger partial charge >= 0.3 is 0 Å². The quantitative estimate of drug-likeness (QED) is 0.679. The highest BCUT2D eigenvalue weighted by atomic mass is 16.5. The van der Waals surface area contributed by atoms with Crippen LogP contribution in [-0.2, 0) is 9.47 Å². The number of aliphatic hydroxyl groups is 1. The number of hydrogen-bond acceptors (Lipinski definition) is 3. The molecule has 104 valence electrons. The van der Waals surface area contributed by atoms with Gasteiger partial charge in [-0.3, -0.25) is 0 Å². The zero-order chi connectivity index (χ0) is 13.5. The standard InChI is InChI=1S/C14H30O3/c1-7-8-14(5,6)17-11-12(2)16-10-9-13(3,4)15/h12,15H,7-11H2,1-6H3. The van der Waals surface area contributed by atoms with E-state index in [0.29, 0.717) is 19.6 Å². The lowest BCUT2D eigenvalue weighted by Gasteiger charge is -2.27. The van der Waals surface area contributed by atoms with Crippen LogP contribution in [0.3, 0.4) is 0 Å². The Labute approximate surface area is 107 Å². The summed E-state index contributed by atoms with van der Waals surface area (Å²) in [6, 6.07) is 0. The fraction of sp³-hybridized carbons (Fsp3) is 1.00. The van der Waals surface area contributed by atoms with Gasteiger partial charge in [-0.05, 0) is 47.5 Å². The molecule has 0 bridgehead atoms. The largest absolute Gasteiger partial charge is 0.390 e. The molecular weight excluding hydrogens is 216 g/mol. The van der Waals surface area contributed by atoms with Crippen molar-refractivity contribution in [3.63, 3.8) is 0 Å². The van der Waals surface area contributed by atoms with Crippen molar-refractivity contribution in [2.24, 2.45) is 0 Å². The maximum Gasteiger partial charge on any atom is 0.0780 e. The second-order valence-electron chi connectivity index (χ2n) is 6.06. The number of hydrogen-bond donors (Lipinski definition) is 1. The molecule has 0 amide bonds. The zero-order valence-electron chi connectivity index (χ0n) is 12.4. The average molecular weight is 246 g/mol. The minimum Gasteiger partial charge on any atom is -0.390 e. The van der Waals surface area contributed by atoms with Gasteiger partial charge in [0.05, 0.1) is 23.9 Å². The summed E-state index contributed by atoms with van der Waals surface area (Å²) in [6.07, 6.45) is 2.91. The average Bonchev–Trinajstić information content (AvgIpc) is 2.13. The summed E-state index contributed by atoms with van der Waals surface area (Å²) < 4.78 is 11.4. The van der Waals surface area contributed by atoms with Gasteiger partial charge in [-0.1, -0.05) is 13.3 Å². The Bertz CT molecular complexity index is 194. The lowest BCUT2D eigenvalue weighted by atomic mass is 10.0. The topological polar surface area (TPSA) is 38.7 Å². The van der Waals surface area contributed by atoms with E-state index in [9.17, 15) is 5.11 Å². The maximum absolute atomic E-state index is 9.55. The molecule has 0 aliphatic rings. The molecule has 17 heavy (non-hydrogen) atoms. The summed E-state index contributed by atoms with van der Waals surface area (Å²) in [4.78, 5) is 0. The molecule has 0 heterocycles. The van der Waals surface area contributed by atoms with E-state index in [2.05, 4.69) is 20.8 Å². The third kappa shape index (κ3) is 10.7. The molecule has 0 saturated heterocycles. The van der Waals surface area contributed by atoms with Gasteiger partial charge in [-0.2, -0.15) is 0 Å². The molecule has 0 aromatic heterocycles. The Hall–Kier alpha value is -0.120. The lowest BCUT2D eigenvalue weighted by molar-refractivity contribution is -0.0847. The molecule has 0 saturated carbocycles. The minimum atomic E-state index is -0.651. The molecule has 0 aromatic rings. The molecule has 3 nitrogen and oxygen atoms in total. The van der Waals surface area contributed by atoms with Crippen LogP contribution in [0.1, 0.15) is 60.8 Å². The van der Waals surface area contributed by atoms with Crippen LogP contribution in [0.5, 0.6) is 0 Å². The smallest absolute Gasteiger partial charge is 0.0780 e. The third-order valence-corrected chi connectivity index (χ3v) is 2.68.